The molecule has 3 aromatic rings. The van der Waals surface area contributed by atoms with Crippen LogP contribution in [-0.4, -0.2) is 26.3 Å². The van der Waals surface area contributed by atoms with E-state index in [9.17, 15) is 10.1 Å². The van der Waals surface area contributed by atoms with E-state index in [0.717, 1.165) is 17.2 Å². The number of nitro groups is 1. The summed E-state index contributed by atoms with van der Waals surface area (Å²) in [5.41, 5.74) is 0. The average molecular weight is 369 g/mol. The highest BCUT2D eigenvalue weighted by Crippen LogP contribution is 2.33. The fourth-order valence-corrected chi connectivity index (χ4v) is 3.69. The number of hydrogen-bond donors (Lipinski definition) is 0. The summed E-state index contributed by atoms with van der Waals surface area (Å²) in [5.74, 6) is 2.17. The number of imidazole rings is 1. The second-order valence-corrected chi connectivity index (χ2v) is 7.00. The zero-order valence-electron chi connectivity index (χ0n) is 13.6. The van der Waals surface area contributed by atoms with Gasteiger partial charge >= 0.3 is 5.82 Å². The van der Waals surface area contributed by atoms with E-state index < -0.39 is 4.92 Å². The third kappa shape index (κ3) is 3.65. The van der Waals surface area contributed by atoms with Crippen LogP contribution in [0.1, 0.15) is 0 Å². The van der Waals surface area contributed by atoms with E-state index in [0.29, 0.717) is 18.3 Å². The Morgan fingerprint density at radius 2 is 1.81 bits per heavy atom. The Balaban J connectivity index is 1.30. The van der Waals surface area contributed by atoms with E-state index >= 15 is 0 Å². The van der Waals surface area contributed by atoms with Gasteiger partial charge < -0.3 is 19.6 Å². The Hall–Kier alpha value is -3.00. The molecule has 0 radical (unpaired) electrons. The van der Waals surface area contributed by atoms with Gasteiger partial charge in [0.25, 0.3) is 5.16 Å². The van der Waals surface area contributed by atoms with Gasteiger partial charge in [-0.05, 0) is 46.3 Å². The molecule has 26 heavy (non-hydrogen) atoms. The van der Waals surface area contributed by atoms with Crippen LogP contribution in [0.3, 0.4) is 0 Å². The predicted molar refractivity (Wildman–Crippen MR) is 97.0 cm³/mol. The van der Waals surface area contributed by atoms with Crippen molar-refractivity contribution in [1.29, 1.82) is 0 Å². The maximum Gasteiger partial charge on any atom is 0.382 e. The Kier molecular flexibility index (Phi) is 4.49. The standard InChI is InChI=1S/C18H15N3O4S/c22-21(23)17-11-20-10-16(26-18(20)19-17)12-24-13-6-8-15(9-7-13)25-14-4-2-1-3-5-14/h1-9,11,16H,10,12H2. The minimum atomic E-state index is -0.476. The molecule has 0 bridgehead atoms. The van der Waals surface area contributed by atoms with Crippen LogP contribution in [0.5, 0.6) is 17.2 Å². The lowest BCUT2D eigenvalue weighted by atomic mass is 10.3. The second-order valence-electron chi connectivity index (χ2n) is 5.73. The smallest absolute Gasteiger partial charge is 0.382 e. The van der Waals surface area contributed by atoms with Crippen LogP contribution in [0.4, 0.5) is 5.82 Å². The van der Waals surface area contributed by atoms with Gasteiger partial charge in [-0.3, -0.25) is 4.57 Å². The molecule has 2 heterocycles. The van der Waals surface area contributed by atoms with Crippen molar-refractivity contribution in [1.82, 2.24) is 9.55 Å². The zero-order valence-corrected chi connectivity index (χ0v) is 14.5. The minimum absolute atomic E-state index is 0.110. The van der Waals surface area contributed by atoms with Crippen LogP contribution < -0.4 is 9.47 Å². The summed E-state index contributed by atoms with van der Waals surface area (Å²) in [5, 5.41) is 11.6. The van der Waals surface area contributed by atoms with Gasteiger partial charge in [0.05, 0.1) is 5.25 Å². The van der Waals surface area contributed by atoms with Crippen molar-refractivity contribution in [2.24, 2.45) is 0 Å². The topological polar surface area (TPSA) is 79.4 Å². The maximum atomic E-state index is 10.7. The Bertz CT molecular complexity index is 888. The molecule has 0 fully saturated rings. The van der Waals surface area contributed by atoms with E-state index in [4.69, 9.17) is 9.47 Å². The van der Waals surface area contributed by atoms with Gasteiger partial charge in [-0.15, -0.1) is 0 Å². The van der Waals surface area contributed by atoms with Gasteiger partial charge in [0.2, 0.25) is 0 Å². The number of para-hydroxylation sites is 1. The first-order valence-electron chi connectivity index (χ1n) is 8.01. The molecule has 1 aliphatic heterocycles. The summed E-state index contributed by atoms with van der Waals surface area (Å²) in [6.07, 6.45) is 1.47. The zero-order chi connectivity index (χ0) is 17.9. The highest BCUT2D eigenvalue weighted by molar-refractivity contribution is 8.00. The van der Waals surface area contributed by atoms with Gasteiger partial charge in [0.1, 0.15) is 30.1 Å². The molecule has 7 nitrogen and oxygen atoms in total. The molecule has 1 aromatic heterocycles. The fourth-order valence-electron chi connectivity index (χ4n) is 2.61. The molecular weight excluding hydrogens is 354 g/mol. The van der Waals surface area contributed by atoms with Crippen LogP contribution in [0, 0.1) is 10.1 Å². The number of ether oxygens (including phenoxy) is 2. The van der Waals surface area contributed by atoms with E-state index in [1.165, 1.54) is 18.0 Å². The van der Waals surface area contributed by atoms with Crippen LogP contribution in [0.2, 0.25) is 0 Å². The van der Waals surface area contributed by atoms with E-state index in [1.807, 2.05) is 54.6 Å². The number of aromatic nitrogens is 2. The van der Waals surface area contributed by atoms with E-state index in [2.05, 4.69) is 4.98 Å². The van der Waals surface area contributed by atoms with Crippen LogP contribution >= 0.6 is 11.8 Å². The summed E-state index contributed by atoms with van der Waals surface area (Å²) in [6, 6.07) is 17.0. The summed E-state index contributed by atoms with van der Waals surface area (Å²) >= 11 is 1.50. The van der Waals surface area contributed by atoms with Crippen LogP contribution in [-0.2, 0) is 6.54 Å². The van der Waals surface area contributed by atoms with Gasteiger partial charge in [-0.2, -0.15) is 0 Å². The Morgan fingerprint density at radius 1 is 1.12 bits per heavy atom. The number of benzene rings is 2. The number of rotatable bonds is 6. The molecule has 2 aromatic carbocycles. The van der Waals surface area contributed by atoms with Gasteiger partial charge in [0.15, 0.2) is 0 Å². The largest absolute Gasteiger partial charge is 0.492 e. The van der Waals surface area contributed by atoms with Gasteiger partial charge in [-0.25, -0.2) is 0 Å². The summed E-state index contributed by atoms with van der Waals surface area (Å²) in [7, 11) is 0. The Morgan fingerprint density at radius 3 is 2.50 bits per heavy atom. The van der Waals surface area contributed by atoms with Crippen molar-refractivity contribution in [3.63, 3.8) is 0 Å². The molecule has 0 aliphatic carbocycles. The quantitative estimate of drug-likeness (QED) is 0.480. The second kappa shape index (κ2) is 7.09. The minimum Gasteiger partial charge on any atom is -0.492 e. The molecular formula is C18H15N3O4S. The highest BCUT2D eigenvalue weighted by Gasteiger charge is 2.30. The number of thioether (sulfide) groups is 1. The summed E-state index contributed by atoms with van der Waals surface area (Å²) in [6.45, 7) is 1.15. The predicted octanol–water partition coefficient (Wildman–Crippen LogP) is 4.14. The molecule has 132 valence electrons. The Labute approximate surface area is 153 Å². The average Bonchev–Trinajstić information content (AvgIpc) is 3.21. The molecule has 0 N–H and O–H groups in total. The first kappa shape index (κ1) is 16.5. The molecule has 0 amide bonds. The third-order valence-corrected chi connectivity index (χ3v) is 4.98. The first-order valence-corrected chi connectivity index (χ1v) is 8.89. The van der Waals surface area contributed by atoms with E-state index in [1.54, 1.807) is 4.57 Å². The molecule has 0 saturated heterocycles. The van der Waals surface area contributed by atoms with Gasteiger partial charge in [-0.1, -0.05) is 30.0 Å². The van der Waals surface area contributed by atoms with Crippen LogP contribution in [0.15, 0.2) is 66.0 Å². The molecule has 4 rings (SSSR count). The van der Waals surface area contributed by atoms with Crippen molar-refractivity contribution < 1.29 is 14.4 Å². The van der Waals surface area contributed by atoms with Crippen molar-refractivity contribution in [3.8, 4) is 17.2 Å². The fraction of sp³-hybridized carbons (Fsp3) is 0.167. The normalized spacial score (nSPS) is 15.5. The lowest BCUT2D eigenvalue weighted by molar-refractivity contribution is -0.389. The first-order chi connectivity index (χ1) is 12.7. The van der Waals surface area contributed by atoms with E-state index in [-0.39, 0.29) is 11.1 Å². The lowest BCUT2D eigenvalue weighted by Gasteiger charge is -2.11. The molecule has 0 spiro atoms. The van der Waals surface area contributed by atoms with Crippen molar-refractivity contribution in [2.45, 2.75) is 17.0 Å². The summed E-state index contributed by atoms with van der Waals surface area (Å²) in [4.78, 5) is 14.3. The highest BCUT2D eigenvalue weighted by atomic mass is 32.2. The molecule has 1 aliphatic rings. The molecule has 8 heteroatoms. The molecule has 1 atom stereocenters. The van der Waals surface area contributed by atoms with Crippen molar-refractivity contribution in [3.05, 3.63) is 70.9 Å². The third-order valence-electron chi connectivity index (χ3n) is 3.83. The lowest BCUT2D eigenvalue weighted by Crippen LogP contribution is -2.15. The number of hydrogen-bond acceptors (Lipinski definition) is 6. The van der Waals surface area contributed by atoms with Crippen LogP contribution in [0.25, 0.3) is 0 Å². The SMILES string of the molecule is O=[N+]([O-])c1cn2c(n1)SC(COc1ccc(Oc3ccccc3)cc1)C2. The number of nitrogens with zero attached hydrogens (tertiary/aromatic N) is 3. The maximum absolute atomic E-state index is 10.7. The summed E-state index contributed by atoms with van der Waals surface area (Å²) < 4.78 is 13.4. The molecule has 0 saturated carbocycles. The van der Waals surface area contributed by atoms with Crippen molar-refractivity contribution >= 4 is 17.6 Å². The monoisotopic (exact) mass is 369 g/mol. The van der Waals surface area contributed by atoms with Crippen molar-refractivity contribution in [2.75, 3.05) is 6.61 Å². The number of fused-ring (bicyclic) bond motifs is 1. The van der Waals surface area contributed by atoms with Gasteiger partial charge in [0, 0.05) is 6.54 Å². The molecule has 1 unspecified atom stereocenters.